The first-order valence-corrected chi connectivity index (χ1v) is 8.67. The molecule has 0 unspecified atom stereocenters. The molecule has 0 aromatic heterocycles. The summed E-state index contributed by atoms with van der Waals surface area (Å²) in [5.74, 6) is 0.748. The summed E-state index contributed by atoms with van der Waals surface area (Å²) < 4.78 is 49.9. The molecule has 0 saturated heterocycles. The van der Waals surface area contributed by atoms with E-state index in [1.807, 2.05) is 0 Å². The lowest BCUT2D eigenvalue weighted by atomic mass is 10.1. The first-order valence-electron chi connectivity index (χ1n) is 7.76. The van der Waals surface area contributed by atoms with E-state index in [0.29, 0.717) is 17.9 Å². The molecule has 0 atom stereocenters. The molecular weight excluding hydrogens is 401 g/mol. The molecule has 0 aliphatic heterocycles. The van der Waals surface area contributed by atoms with Crippen molar-refractivity contribution in [2.75, 3.05) is 12.4 Å². The molecule has 148 valence electrons. The minimum atomic E-state index is -4.68. The van der Waals surface area contributed by atoms with Gasteiger partial charge in [-0.05, 0) is 30.7 Å². The van der Waals surface area contributed by atoms with E-state index in [4.69, 9.17) is 14.2 Å². The first kappa shape index (κ1) is 21.2. The van der Waals surface area contributed by atoms with Crippen LogP contribution in [0.25, 0.3) is 0 Å². The standard InChI is InChI=1S/C17H13F3N2O5S/c18-17(19,20)15-6-2-7-16(14(15)11-21)26-12-4-1-5-13(10-12)27-28-9-3-8-25-22(23)24/h1-2,4-7,10H,3,8-9H2. The third kappa shape index (κ3) is 6.24. The normalized spacial score (nSPS) is 10.8. The van der Waals surface area contributed by atoms with Crippen LogP contribution in [0.5, 0.6) is 17.2 Å². The lowest BCUT2D eigenvalue weighted by Crippen LogP contribution is -2.08. The second kappa shape index (κ2) is 9.70. The Morgan fingerprint density at radius 3 is 2.57 bits per heavy atom. The predicted molar refractivity (Wildman–Crippen MR) is 93.3 cm³/mol. The van der Waals surface area contributed by atoms with Gasteiger partial charge in [0.05, 0.1) is 24.2 Å². The van der Waals surface area contributed by atoms with Crippen LogP contribution in [0, 0.1) is 21.4 Å². The highest BCUT2D eigenvalue weighted by atomic mass is 32.2. The van der Waals surface area contributed by atoms with E-state index in [1.165, 1.54) is 24.3 Å². The average Bonchev–Trinajstić information content (AvgIpc) is 2.64. The summed E-state index contributed by atoms with van der Waals surface area (Å²) in [6, 6.07) is 10.9. The van der Waals surface area contributed by atoms with Crippen LogP contribution in [0.2, 0.25) is 0 Å². The van der Waals surface area contributed by atoms with Gasteiger partial charge in [-0.1, -0.05) is 12.1 Å². The smallest absolute Gasteiger partial charge is 0.417 e. The number of nitriles is 1. The van der Waals surface area contributed by atoms with Crippen LogP contribution < -0.4 is 8.92 Å². The van der Waals surface area contributed by atoms with Crippen molar-refractivity contribution in [3.63, 3.8) is 0 Å². The SMILES string of the molecule is N#Cc1c(Oc2cccc(OSCCCO[N+](=O)[O-])c2)cccc1C(F)(F)F. The van der Waals surface area contributed by atoms with E-state index in [0.717, 1.165) is 24.2 Å². The minimum Gasteiger partial charge on any atom is -0.456 e. The molecule has 0 N–H and O–H groups in total. The number of hydrogen-bond acceptors (Lipinski definition) is 7. The van der Waals surface area contributed by atoms with E-state index >= 15 is 0 Å². The van der Waals surface area contributed by atoms with Crippen LogP contribution in [0.3, 0.4) is 0 Å². The summed E-state index contributed by atoms with van der Waals surface area (Å²) in [6.45, 7) is -0.0566. The number of benzene rings is 2. The summed E-state index contributed by atoms with van der Waals surface area (Å²) >= 11 is 1.03. The molecule has 2 aromatic rings. The topological polar surface area (TPSA) is 94.6 Å². The summed E-state index contributed by atoms with van der Waals surface area (Å²) in [4.78, 5) is 14.2. The molecule has 0 saturated carbocycles. The van der Waals surface area contributed by atoms with Gasteiger partial charge in [-0.25, -0.2) is 0 Å². The van der Waals surface area contributed by atoms with Crippen LogP contribution in [-0.4, -0.2) is 17.4 Å². The van der Waals surface area contributed by atoms with Gasteiger partial charge in [-0.15, -0.1) is 10.1 Å². The fourth-order valence-electron chi connectivity index (χ4n) is 2.05. The predicted octanol–water partition coefficient (Wildman–Crippen LogP) is 4.99. The van der Waals surface area contributed by atoms with E-state index in [2.05, 4.69) is 4.84 Å². The van der Waals surface area contributed by atoms with Crippen molar-refractivity contribution < 1.29 is 32.0 Å². The molecule has 0 bridgehead atoms. The molecule has 28 heavy (non-hydrogen) atoms. The first-order chi connectivity index (χ1) is 13.3. The van der Waals surface area contributed by atoms with Crippen molar-refractivity contribution in [2.24, 2.45) is 0 Å². The van der Waals surface area contributed by atoms with Gasteiger partial charge in [0, 0.05) is 11.8 Å². The van der Waals surface area contributed by atoms with Gasteiger partial charge in [0.15, 0.2) is 0 Å². The van der Waals surface area contributed by atoms with Crippen molar-refractivity contribution in [1.29, 1.82) is 5.26 Å². The summed E-state index contributed by atoms with van der Waals surface area (Å²) in [6.07, 6.45) is -4.29. The minimum absolute atomic E-state index is 0.0566. The number of nitrogens with zero attached hydrogens (tertiary/aromatic N) is 2. The van der Waals surface area contributed by atoms with Crippen molar-refractivity contribution in [3.8, 4) is 23.3 Å². The highest BCUT2D eigenvalue weighted by Crippen LogP contribution is 2.37. The van der Waals surface area contributed by atoms with E-state index in [9.17, 15) is 23.3 Å². The number of ether oxygens (including phenoxy) is 1. The maximum Gasteiger partial charge on any atom is 0.417 e. The monoisotopic (exact) mass is 414 g/mol. The van der Waals surface area contributed by atoms with Crippen LogP contribution in [-0.2, 0) is 11.0 Å². The fourth-order valence-corrected chi connectivity index (χ4v) is 2.61. The molecule has 0 fully saturated rings. The van der Waals surface area contributed by atoms with Gasteiger partial charge in [0.25, 0.3) is 5.09 Å². The lowest BCUT2D eigenvalue weighted by Gasteiger charge is -2.13. The molecule has 0 heterocycles. The van der Waals surface area contributed by atoms with Gasteiger partial charge >= 0.3 is 6.18 Å². The van der Waals surface area contributed by atoms with Gasteiger partial charge < -0.3 is 13.8 Å². The molecule has 0 aliphatic carbocycles. The zero-order valence-corrected chi connectivity index (χ0v) is 15.0. The third-order valence-corrected chi connectivity index (χ3v) is 3.97. The van der Waals surface area contributed by atoms with Gasteiger partial charge in [-0.2, -0.15) is 18.4 Å². The third-order valence-electron chi connectivity index (χ3n) is 3.20. The number of rotatable bonds is 9. The van der Waals surface area contributed by atoms with Crippen molar-refractivity contribution in [1.82, 2.24) is 0 Å². The fraction of sp³-hybridized carbons (Fsp3) is 0.235. The zero-order valence-electron chi connectivity index (χ0n) is 14.1. The van der Waals surface area contributed by atoms with E-state index < -0.39 is 22.4 Å². The quantitative estimate of drug-likeness (QED) is 0.247. The Balaban J connectivity index is 2.02. The Morgan fingerprint density at radius 1 is 1.18 bits per heavy atom. The average molecular weight is 414 g/mol. The molecule has 11 heteroatoms. The maximum absolute atomic E-state index is 13.0. The number of alkyl halides is 3. The highest BCUT2D eigenvalue weighted by molar-refractivity contribution is 7.95. The molecule has 0 aliphatic rings. The van der Waals surface area contributed by atoms with Crippen molar-refractivity contribution >= 4 is 12.0 Å². The van der Waals surface area contributed by atoms with Gasteiger partial charge in [0.1, 0.15) is 28.9 Å². The summed E-state index contributed by atoms with van der Waals surface area (Å²) in [5.41, 5.74) is -1.69. The zero-order chi connectivity index (χ0) is 20.6. The molecule has 0 amide bonds. The van der Waals surface area contributed by atoms with Crippen LogP contribution >= 0.6 is 12.0 Å². The Kier molecular flexibility index (Phi) is 7.34. The van der Waals surface area contributed by atoms with Crippen LogP contribution in [0.4, 0.5) is 13.2 Å². The Labute approximate surface area is 161 Å². The lowest BCUT2D eigenvalue weighted by molar-refractivity contribution is -0.757. The number of halogens is 3. The molecule has 7 nitrogen and oxygen atoms in total. The molecule has 0 spiro atoms. The summed E-state index contributed by atoms with van der Waals surface area (Å²) in [5, 5.41) is 18.2. The second-order valence-corrected chi connectivity index (χ2v) is 5.99. The van der Waals surface area contributed by atoms with Crippen LogP contribution in [0.1, 0.15) is 17.5 Å². The van der Waals surface area contributed by atoms with Crippen molar-refractivity contribution in [2.45, 2.75) is 12.6 Å². The Hall–Kier alpha value is -3.13. The van der Waals surface area contributed by atoms with E-state index in [1.54, 1.807) is 12.1 Å². The molecule has 2 rings (SSSR count). The van der Waals surface area contributed by atoms with Crippen molar-refractivity contribution in [3.05, 3.63) is 63.7 Å². The van der Waals surface area contributed by atoms with Crippen LogP contribution in [0.15, 0.2) is 42.5 Å². The Bertz CT molecular complexity index is 871. The van der Waals surface area contributed by atoms with Gasteiger partial charge in [0.2, 0.25) is 0 Å². The largest absolute Gasteiger partial charge is 0.456 e. The number of hydrogen-bond donors (Lipinski definition) is 0. The van der Waals surface area contributed by atoms with E-state index in [-0.39, 0.29) is 18.1 Å². The van der Waals surface area contributed by atoms with Gasteiger partial charge in [-0.3, -0.25) is 0 Å². The summed E-state index contributed by atoms with van der Waals surface area (Å²) in [7, 11) is 0. The molecule has 2 aromatic carbocycles. The molecular formula is C17H13F3N2O5S. The highest BCUT2D eigenvalue weighted by Gasteiger charge is 2.35. The second-order valence-electron chi connectivity index (χ2n) is 5.18. The molecule has 0 radical (unpaired) electrons. The maximum atomic E-state index is 13.0. The Morgan fingerprint density at radius 2 is 1.89 bits per heavy atom.